The Kier molecular flexibility index (Phi) is 4.03. The van der Waals surface area contributed by atoms with Gasteiger partial charge in [-0.1, -0.05) is 12.1 Å². The van der Waals surface area contributed by atoms with Crippen molar-refractivity contribution >= 4 is 5.91 Å². The Hall–Kier alpha value is -2.89. The average Bonchev–Trinajstić information content (AvgIpc) is 3.35. The Balaban J connectivity index is 1.24. The number of hydrogen-bond acceptors (Lipinski definition) is 5. The molecule has 6 heteroatoms. The maximum atomic E-state index is 12.4. The van der Waals surface area contributed by atoms with Crippen LogP contribution in [0, 0.1) is 0 Å². The first-order valence-electron chi connectivity index (χ1n) is 9.34. The van der Waals surface area contributed by atoms with E-state index in [-0.39, 0.29) is 12.7 Å². The van der Waals surface area contributed by atoms with E-state index in [0.29, 0.717) is 31.4 Å². The Morgan fingerprint density at radius 1 is 1.00 bits per heavy atom. The summed E-state index contributed by atoms with van der Waals surface area (Å²) >= 11 is 0. The second kappa shape index (κ2) is 6.68. The summed E-state index contributed by atoms with van der Waals surface area (Å²) in [7, 11) is 0. The lowest BCUT2D eigenvalue weighted by Gasteiger charge is -2.26. The van der Waals surface area contributed by atoms with Gasteiger partial charge in [-0.3, -0.25) is 4.79 Å². The third-order valence-electron chi connectivity index (χ3n) is 5.44. The van der Waals surface area contributed by atoms with E-state index in [1.54, 1.807) is 0 Å². The van der Waals surface area contributed by atoms with Crippen LogP contribution in [0.15, 0.2) is 30.3 Å². The summed E-state index contributed by atoms with van der Waals surface area (Å²) in [6, 6.07) is 9.73. The largest absolute Gasteiger partial charge is 0.454 e. The fourth-order valence-corrected chi connectivity index (χ4v) is 4.11. The summed E-state index contributed by atoms with van der Waals surface area (Å²) in [6.07, 6.45) is 3.49. The van der Waals surface area contributed by atoms with E-state index in [1.807, 2.05) is 24.3 Å². The highest BCUT2D eigenvalue weighted by atomic mass is 16.7. The van der Waals surface area contributed by atoms with Crippen LogP contribution < -0.4 is 24.3 Å². The molecule has 1 N–H and O–H groups in total. The number of rotatable bonds is 4. The number of nitrogens with one attached hydrogen (secondary N) is 1. The van der Waals surface area contributed by atoms with Gasteiger partial charge in [0, 0.05) is 18.0 Å². The highest BCUT2D eigenvalue weighted by Crippen LogP contribution is 2.43. The molecular formula is C21H21NO5. The van der Waals surface area contributed by atoms with Gasteiger partial charge in [-0.2, -0.15) is 0 Å². The number of ether oxygens (including phenoxy) is 4. The lowest BCUT2D eigenvalue weighted by atomic mass is 9.82. The number of amides is 1. The van der Waals surface area contributed by atoms with Crippen molar-refractivity contribution in [3.63, 3.8) is 0 Å². The van der Waals surface area contributed by atoms with Crippen molar-refractivity contribution in [1.29, 1.82) is 0 Å². The minimum atomic E-state index is 0.0155. The SMILES string of the molecule is O=C(Cc1ccc2c(c1)OCO2)NCC1CCCc2c1ccc1c2OCO1. The van der Waals surface area contributed by atoms with Crippen LogP contribution in [0.3, 0.4) is 0 Å². The zero-order chi connectivity index (χ0) is 18.2. The van der Waals surface area contributed by atoms with Gasteiger partial charge in [0.1, 0.15) is 0 Å². The second-order valence-electron chi connectivity index (χ2n) is 7.12. The van der Waals surface area contributed by atoms with Crippen LogP contribution in [0.2, 0.25) is 0 Å². The lowest BCUT2D eigenvalue weighted by molar-refractivity contribution is -0.120. The lowest BCUT2D eigenvalue weighted by Crippen LogP contribution is -2.31. The molecule has 0 spiro atoms. The number of carbonyl (C=O) groups excluding carboxylic acids is 1. The van der Waals surface area contributed by atoms with Crippen LogP contribution in [0.4, 0.5) is 0 Å². The molecule has 0 fully saturated rings. The molecule has 2 aromatic rings. The van der Waals surface area contributed by atoms with E-state index in [9.17, 15) is 4.79 Å². The standard InChI is InChI=1S/C21H21NO5/c23-20(9-13-4-6-17-19(8-13)26-11-24-17)22-10-14-2-1-3-16-15(14)5-7-18-21(16)27-12-25-18/h4-8,14H,1-3,9-12H2,(H,22,23). The average molecular weight is 367 g/mol. The second-order valence-corrected chi connectivity index (χ2v) is 7.12. The molecule has 3 aliphatic rings. The minimum absolute atomic E-state index is 0.0155. The minimum Gasteiger partial charge on any atom is -0.454 e. The summed E-state index contributed by atoms with van der Waals surface area (Å²) in [5.41, 5.74) is 3.43. The maximum Gasteiger partial charge on any atom is 0.231 e. The number of benzene rings is 2. The van der Waals surface area contributed by atoms with Gasteiger partial charge in [-0.25, -0.2) is 0 Å². The molecule has 1 unspecified atom stereocenters. The van der Waals surface area contributed by atoms with E-state index < -0.39 is 0 Å². The van der Waals surface area contributed by atoms with Gasteiger partial charge in [0.2, 0.25) is 19.5 Å². The summed E-state index contributed by atoms with van der Waals surface area (Å²) in [4.78, 5) is 12.4. The summed E-state index contributed by atoms with van der Waals surface area (Å²) in [5, 5.41) is 3.09. The molecule has 0 bridgehead atoms. The molecule has 2 aliphatic heterocycles. The van der Waals surface area contributed by atoms with Gasteiger partial charge in [-0.05, 0) is 48.6 Å². The fraction of sp³-hybridized carbons (Fsp3) is 0.381. The number of fused-ring (bicyclic) bond motifs is 4. The molecule has 0 saturated carbocycles. The molecule has 0 saturated heterocycles. The zero-order valence-corrected chi connectivity index (χ0v) is 15.0. The monoisotopic (exact) mass is 367 g/mol. The summed E-state index contributed by atoms with van der Waals surface area (Å²) < 4.78 is 21.8. The Morgan fingerprint density at radius 3 is 2.78 bits per heavy atom. The van der Waals surface area contributed by atoms with Gasteiger partial charge in [0.15, 0.2) is 23.0 Å². The summed E-state index contributed by atoms with van der Waals surface area (Å²) in [6.45, 7) is 1.17. The molecule has 0 radical (unpaired) electrons. The van der Waals surface area contributed by atoms with E-state index in [4.69, 9.17) is 18.9 Å². The maximum absolute atomic E-state index is 12.4. The Morgan fingerprint density at radius 2 is 1.81 bits per heavy atom. The van der Waals surface area contributed by atoms with Crippen molar-refractivity contribution in [1.82, 2.24) is 5.32 Å². The van der Waals surface area contributed by atoms with Crippen molar-refractivity contribution in [2.75, 3.05) is 20.1 Å². The highest BCUT2D eigenvalue weighted by molar-refractivity contribution is 5.79. The molecule has 140 valence electrons. The van der Waals surface area contributed by atoms with Crippen LogP contribution in [-0.2, 0) is 17.6 Å². The van der Waals surface area contributed by atoms with Gasteiger partial charge >= 0.3 is 0 Å². The van der Waals surface area contributed by atoms with Crippen molar-refractivity contribution < 1.29 is 23.7 Å². The number of hydrogen-bond donors (Lipinski definition) is 1. The van der Waals surface area contributed by atoms with E-state index >= 15 is 0 Å². The van der Waals surface area contributed by atoms with Crippen molar-refractivity contribution in [3.05, 3.63) is 47.0 Å². The molecule has 0 aromatic heterocycles. The molecule has 1 aliphatic carbocycles. The van der Waals surface area contributed by atoms with Gasteiger partial charge in [0.05, 0.1) is 6.42 Å². The molecule has 27 heavy (non-hydrogen) atoms. The predicted octanol–water partition coefficient (Wildman–Crippen LogP) is 2.92. The third-order valence-corrected chi connectivity index (χ3v) is 5.44. The van der Waals surface area contributed by atoms with Crippen LogP contribution in [0.25, 0.3) is 0 Å². The smallest absolute Gasteiger partial charge is 0.231 e. The van der Waals surface area contributed by atoms with Crippen LogP contribution in [0.5, 0.6) is 23.0 Å². The number of carbonyl (C=O) groups is 1. The van der Waals surface area contributed by atoms with Gasteiger partial charge in [0.25, 0.3) is 0 Å². The van der Waals surface area contributed by atoms with Crippen LogP contribution in [0.1, 0.15) is 35.4 Å². The molecule has 2 aromatic carbocycles. The molecule has 2 heterocycles. The first-order valence-corrected chi connectivity index (χ1v) is 9.34. The fourth-order valence-electron chi connectivity index (χ4n) is 4.11. The van der Waals surface area contributed by atoms with Gasteiger partial charge < -0.3 is 24.3 Å². The topological polar surface area (TPSA) is 66.0 Å². The first-order chi connectivity index (χ1) is 13.3. The molecule has 1 atom stereocenters. The van der Waals surface area contributed by atoms with Crippen molar-refractivity contribution in [2.45, 2.75) is 31.6 Å². The normalized spacial score (nSPS) is 18.9. The highest BCUT2D eigenvalue weighted by Gasteiger charge is 2.28. The van der Waals surface area contributed by atoms with Crippen molar-refractivity contribution in [3.8, 4) is 23.0 Å². The van der Waals surface area contributed by atoms with Crippen LogP contribution >= 0.6 is 0 Å². The first kappa shape index (κ1) is 16.3. The van der Waals surface area contributed by atoms with Gasteiger partial charge in [-0.15, -0.1) is 0 Å². The van der Waals surface area contributed by atoms with Crippen molar-refractivity contribution in [2.24, 2.45) is 0 Å². The molecule has 6 nitrogen and oxygen atoms in total. The zero-order valence-electron chi connectivity index (χ0n) is 15.0. The molecule has 5 rings (SSSR count). The quantitative estimate of drug-likeness (QED) is 0.900. The third kappa shape index (κ3) is 3.05. The Labute approximate surface area is 157 Å². The Bertz CT molecular complexity index is 894. The summed E-state index contributed by atoms with van der Waals surface area (Å²) in [5.74, 6) is 3.49. The molecular weight excluding hydrogens is 346 g/mol. The van der Waals surface area contributed by atoms with E-state index in [2.05, 4.69) is 11.4 Å². The predicted molar refractivity (Wildman–Crippen MR) is 97.5 cm³/mol. The van der Waals surface area contributed by atoms with E-state index in [1.165, 1.54) is 11.1 Å². The molecule has 1 amide bonds. The van der Waals surface area contributed by atoms with E-state index in [0.717, 1.165) is 42.1 Å². The van der Waals surface area contributed by atoms with Crippen LogP contribution in [-0.4, -0.2) is 26.0 Å².